The van der Waals surface area contributed by atoms with Crippen molar-refractivity contribution in [2.75, 3.05) is 5.75 Å². The lowest BCUT2D eigenvalue weighted by atomic mass is 10.2. The third-order valence-corrected chi connectivity index (χ3v) is 2.70. The fourth-order valence-corrected chi connectivity index (χ4v) is 1.78. The van der Waals surface area contributed by atoms with E-state index in [2.05, 4.69) is 0 Å². The average Bonchev–Trinajstić information content (AvgIpc) is 2.08. The van der Waals surface area contributed by atoms with Gasteiger partial charge in [0.1, 0.15) is 5.82 Å². The molecule has 0 amide bonds. The molecule has 1 aromatic carbocycles. The summed E-state index contributed by atoms with van der Waals surface area (Å²) in [4.78, 5) is 10.2. The van der Waals surface area contributed by atoms with Crippen LogP contribution in [0.1, 0.15) is 5.56 Å². The van der Waals surface area contributed by atoms with Gasteiger partial charge in [-0.3, -0.25) is 4.79 Å². The highest BCUT2D eigenvalue weighted by Crippen LogP contribution is 2.19. The van der Waals surface area contributed by atoms with Gasteiger partial charge in [-0.25, -0.2) is 4.39 Å². The van der Waals surface area contributed by atoms with Crippen molar-refractivity contribution in [3.63, 3.8) is 0 Å². The molecule has 2 nitrogen and oxygen atoms in total. The van der Waals surface area contributed by atoms with Crippen LogP contribution >= 0.6 is 23.4 Å². The topological polar surface area (TPSA) is 37.3 Å². The number of hydrogen-bond donors (Lipinski definition) is 1. The number of carboxylic acids is 1. The van der Waals surface area contributed by atoms with Gasteiger partial charge >= 0.3 is 5.97 Å². The van der Waals surface area contributed by atoms with Crippen LogP contribution in [0, 0.1) is 5.82 Å². The summed E-state index contributed by atoms with van der Waals surface area (Å²) in [6.07, 6.45) is 0. The van der Waals surface area contributed by atoms with E-state index in [4.69, 9.17) is 16.7 Å². The lowest BCUT2D eigenvalue weighted by Crippen LogP contribution is -1.98. The molecule has 0 saturated heterocycles. The van der Waals surface area contributed by atoms with Gasteiger partial charge in [-0.1, -0.05) is 17.7 Å². The zero-order valence-corrected chi connectivity index (χ0v) is 8.74. The van der Waals surface area contributed by atoms with Crippen LogP contribution in [0.25, 0.3) is 0 Å². The largest absolute Gasteiger partial charge is 0.481 e. The number of aliphatic carboxylic acids is 1. The lowest BCUT2D eigenvalue weighted by Gasteiger charge is -2.01. The minimum absolute atomic E-state index is 0.0257. The average molecular weight is 235 g/mol. The van der Waals surface area contributed by atoms with Crippen LogP contribution in [0.15, 0.2) is 18.2 Å². The lowest BCUT2D eigenvalue weighted by molar-refractivity contribution is -0.133. The van der Waals surface area contributed by atoms with Crippen molar-refractivity contribution in [3.05, 3.63) is 34.6 Å². The summed E-state index contributed by atoms with van der Waals surface area (Å²) < 4.78 is 13.1. The Balaban J connectivity index is 2.55. The van der Waals surface area contributed by atoms with Gasteiger partial charge in [-0.05, 0) is 17.7 Å². The molecule has 0 saturated carbocycles. The minimum Gasteiger partial charge on any atom is -0.481 e. The molecular formula is C9H8ClFO2S. The van der Waals surface area contributed by atoms with Gasteiger partial charge in [0.25, 0.3) is 0 Å². The smallest absolute Gasteiger partial charge is 0.313 e. The summed E-state index contributed by atoms with van der Waals surface area (Å²) >= 11 is 6.71. The van der Waals surface area contributed by atoms with Crippen molar-refractivity contribution in [2.24, 2.45) is 0 Å². The number of benzene rings is 1. The Morgan fingerprint density at radius 3 is 2.86 bits per heavy atom. The first-order valence-corrected chi connectivity index (χ1v) is 5.36. The fraction of sp³-hybridized carbons (Fsp3) is 0.222. The Hall–Kier alpha value is -0.740. The Kier molecular flexibility index (Phi) is 4.22. The summed E-state index contributed by atoms with van der Waals surface area (Å²) in [5, 5.41) is 8.71. The Labute approximate surface area is 90.1 Å². The van der Waals surface area contributed by atoms with Crippen molar-refractivity contribution in [2.45, 2.75) is 5.75 Å². The maximum atomic E-state index is 13.1. The third kappa shape index (κ3) is 3.55. The highest BCUT2D eigenvalue weighted by atomic mass is 35.5. The van der Waals surface area contributed by atoms with Crippen LogP contribution in [0.4, 0.5) is 4.39 Å². The van der Waals surface area contributed by atoms with Crippen LogP contribution in [0.5, 0.6) is 0 Å². The molecule has 1 N–H and O–H groups in total. The molecule has 14 heavy (non-hydrogen) atoms. The SMILES string of the molecule is O=C(O)CSCc1ccc(Cl)cc1F. The molecule has 0 aliphatic heterocycles. The highest BCUT2D eigenvalue weighted by molar-refractivity contribution is 7.99. The number of carboxylic acid groups (broad SMARTS) is 1. The van der Waals surface area contributed by atoms with Gasteiger partial charge in [-0.2, -0.15) is 0 Å². The molecule has 0 radical (unpaired) electrons. The first-order valence-electron chi connectivity index (χ1n) is 3.83. The monoisotopic (exact) mass is 234 g/mol. The van der Waals surface area contributed by atoms with Crippen molar-refractivity contribution < 1.29 is 14.3 Å². The first-order chi connectivity index (χ1) is 6.59. The van der Waals surface area contributed by atoms with E-state index < -0.39 is 11.8 Å². The molecule has 0 heterocycles. The predicted molar refractivity (Wildman–Crippen MR) is 55.2 cm³/mol. The molecule has 76 valence electrons. The van der Waals surface area contributed by atoms with E-state index in [-0.39, 0.29) is 5.75 Å². The van der Waals surface area contributed by atoms with Crippen LogP contribution in [-0.4, -0.2) is 16.8 Å². The van der Waals surface area contributed by atoms with E-state index in [1.165, 1.54) is 6.07 Å². The third-order valence-electron chi connectivity index (χ3n) is 1.50. The zero-order valence-electron chi connectivity index (χ0n) is 7.17. The quantitative estimate of drug-likeness (QED) is 0.871. The van der Waals surface area contributed by atoms with Crippen molar-refractivity contribution >= 4 is 29.3 Å². The van der Waals surface area contributed by atoms with Crippen LogP contribution in [0.3, 0.4) is 0 Å². The summed E-state index contributed by atoms with van der Waals surface area (Å²) in [5.41, 5.74) is 0.473. The maximum Gasteiger partial charge on any atom is 0.313 e. The molecule has 0 fully saturated rings. The van der Waals surface area contributed by atoms with Gasteiger partial charge in [0.15, 0.2) is 0 Å². The molecule has 0 unspecified atom stereocenters. The molecule has 0 aliphatic carbocycles. The van der Waals surface area contributed by atoms with Gasteiger partial charge < -0.3 is 5.11 Å². The number of carbonyl (C=O) groups is 1. The van der Waals surface area contributed by atoms with E-state index >= 15 is 0 Å². The van der Waals surface area contributed by atoms with Crippen LogP contribution < -0.4 is 0 Å². The summed E-state index contributed by atoms with van der Waals surface area (Å²) in [7, 11) is 0. The molecule has 0 atom stereocenters. The van der Waals surface area contributed by atoms with E-state index in [0.29, 0.717) is 16.3 Å². The van der Waals surface area contributed by atoms with Crippen molar-refractivity contribution in [1.29, 1.82) is 0 Å². The van der Waals surface area contributed by atoms with E-state index in [0.717, 1.165) is 11.8 Å². The minimum atomic E-state index is -0.899. The second-order valence-corrected chi connectivity index (χ2v) is 4.04. The Morgan fingerprint density at radius 1 is 1.57 bits per heavy atom. The number of hydrogen-bond acceptors (Lipinski definition) is 2. The molecule has 0 aliphatic rings. The summed E-state index contributed by atoms with van der Waals surface area (Å²) in [6, 6.07) is 4.37. The highest BCUT2D eigenvalue weighted by Gasteiger charge is 2.04. The first kappa shape index (κ1) is 11.3. The summed E-state index contributed by atoms with van der Waals surface area (Å²) in [6.45, 7) is 0. The Bertz CT molecular complexity index is 344. The van der Waals surface area contributed by atoms with Gasteiger partial charge in [-0.15, -0.1) is 11.8 Å². The number of rotatable bonds is 4. The number of halogens is 2. The maximum absolute atomic E-state index is 13.1. The normalized spacial score (nSPS) is 10.1. The summed E-state index contributed by atoms with van der Waals surface area (Å²) in [5.74, 6) is -0.975. The zero-order chi connectivity index (χ0) is 10.6. The Morgan fingerprint density at radius 2 is 2.29 bits per heavy atom. The molecular weight excluding hydrogens is 227 g/mol. The van der Waals surface area contributed by atoms with E-state index in [9.17, 15) is 9.18 Å². The number of thioether (sulfide) groups is 1. The van der Waals surface area contributed by atoms with Gasteiger partial charge in [0.05, 0.1) is 5.75 Å². The molecule has 5 heteroatoms. The molecule has 0 bridgehead atoms. The van der Waals surface area contributed by atoms with Crippen molar-refractivity contribution in [1.82, 2.24) is 0 Å². The van der Waals surface area contributed by atoms with Crippen LogP contribution in [0.2, 0.25) is 5.02 Å². The predicted octanol–water partition coefficient (Wildman–Crippen LogP) is 2.80. The molecule has 1 aromatic rings. The van der Waals surface area contributed by atoms with Gasteiger partial charge in [0.2, 0.25) is 0 Å². The van der Waals surface area contributed by atoms with Gasteiger partial charge in [0, 0.05) is 10.8 Å². The van der Waals surface area contributed by atoms with Crippen LogP contribution in [-0.2, 0) is 10.5 Å². The van der Waals surface area contributed by atoms with Crippen molar-refractivity contribution in [3.8, 4) is 0 Å². The molecule has 1 rings (SSSR count). The fourth-order valence-electron chi connectivity index (χ4n) is 0.887. The molecule has 0 aromatic heterocycles. The molecule has 0 spiro atoms. The van der Waals surface area contributed by atoms with E-state index in [1.807, 2.05) is 0 Å². The standard InChI is InChI=1S/C9H8ClFO2S/c10-7-2-1-6(8(11)3-7)4-14-5-9(12)13/h1-3H,4-5H2,(H,12,13). The second-order valence-electron chi connectivity index (χ2n) is 2.62. The second kappa shape index (κ2) is 5.22. The van der Waals surface area contributed by atoms with E-state index in [1.54, 1.807) is 12.1 Å².